The molecule has 4 rings (SSSR count). The van der Waals surface area contributed by atoms with E-state index in [9.17, 15) is 13.2 Å². The zero-order valence-corrected chi connectivity index (χ0v) is 14.5. The van der Waals surface area contributed by atoms with E-state index < -0.39 is 18.9 Å². The first kappa shape index (κ1) is 17.8. The van der Waals surface area contributed by atoms with Crippen LogP contribution in [0, 0.1) is 0 Å². The van der Waals surface area contributed by atoms with Gasteiger partial charge in [-0.15, -0.1) is 0 Å². The summed E-state index contributed by atoms with van der Waals surface area (Å²) in [6.07, 6.45) is 3.57. The Morgan fingerprint density at radius 3 is 2.96 bits per heavy atom. The Labute approximate surface area is 153 Å². The van der Waals surface area contributed by atoms with Gasteiger partial charge in [-0.1, -0.05) is 0 Å². The second-order valence-electron chi connectivity index (χ2n) is 6.66. The third-order valence-corrected chi connectivity index (χ3v) is 5.03. The van der Waals surface area contributed by atoms with E-state index in [4.69, 9.17) is 4.74 Å². The zero-order valence-electron chi connectivity index (χ0n) is 14.5. The van der Waals surface area contributed by atoms with Crippen molar-refractivity contribution in [2.75, 3.05) is 12.4 Å². The number of alkyl halides is 3. The summed E-state index contributed by atoms with van der Waals surface area (Å²) < 4.78 is 49.1. The number of aromatic amines is 1. The molecule has 2 aromatic heterocycles. The predicted octanol–water partition coefficient (Wildman–Crippen LogP) is 2.50. The fourth-order valence-electron chi connectivity index (χ4n) is 3.74. The highest BCUT2D eigenvalue weighted by Gasteiger charge is 2.47. The molecule has 0 saturated carbocycles. The van der Waals surface area contributed by atoms with Crippen molar-refractivity contribution in [2.24, 2.45) is 0 Å². The summed E-state index contributed by atoms with van der Waals surface area (Å²) in [7, 11) is 1.95. The maximum Gasteiger partial charge on any atom is 0.388 e. The van der Waals surface area contributed by atoms with Crippen molar-refractivity contribution in [2.45, 2.75) is 50.2 Å². The second kappa shape index (κ2) is 7.22. The molecule has 0 aliphatic carbocycles. The Morgan fingerprint density at radius 2 is 2.15 bits per heavy atom. The van der Waals surface area contributed by atoms with Gasteiger partial charge in [-0.25, -0.2) is 9.49 Å². The van der Waals surface area contributed by atoms with Crippen molar-refractivity contribution in [3.63, 3.8) is 0 Å². The number of nitrogens with one attached hydrogen (secondary N) is 2. The molecule has 8 nitrogen and oxygen atoms in total. The lowest BCUT2D eigenvalue weighted by molar-refractivity contribution is -0.0528. The zero-order chi connectivity index (χ0) is 19.0. The molecule has 2 bridgehead atoms. The molecule has 2 fully saturated rings. The molecule has 2 saturated heterocycles. The highest BCUT2D eigenvalue weighted by molar-refractivity contribution is 5.52. The normalized spacial score (nSPS) is 27.7. The molecule has 0 amide bonds. The fourth-order valence-corrected chi connectivity index (χ4v) is 3.74. The first-order valence-electron chi connectivity index (χ1n) is 8.61. The molecule has 2 aromatic rings. The van der Waals surface area contributed by atoms with Crippen molar-refractivity contribution in [1.82, 2.24) is 25.1 Å². The number of anilines is 2. The summed E-state index contributed by atoms with van der Waals surface area (Å²) in [5.41, 5.74) is 0. The molecule has 0 radical (unpaired) electrons. The van der Waals surface area contributed by atoms with Gasteiger partial charge in [-0.05, 0) is 19.9 Å². The molecule has 2 aliphatic rings. The summed E-state index contributed by atoms with van der Waals surface area (Å²) in [6, 6.07) is 1.45. The number of fused-ring (bicyclic) bond motifs is 2. The lowest BCUT2D eigenvalue weighted by atomic mass is 9.98. The van der Waals surface area contributed by atoms with Crippen LogP contribution in [-0.2, 0) is 0 Å². The van der Waals surface area contributed by atoms with E-state index in [2.05, 4.69) is 35.1 Å². The van der Waals surface area contributed by atoms with Gasteiger partial charge in [0.05, 0.1) is 12.4 Å². The number of H-pyrrole nitrogens is 1. The summed E-state index contributed by atoms with van der Waals surface area (Å²) >= 11 is 0. The van der Waals surface area contributed by atoms with Gasteiger partial charge in [0.15, 0.2) is 17.8 Å². The van der Waals surface area contributed by atoms with Crippen LogP contribution in [0.15, 0.2) is 18.5 Å². The molecular weight excluding hydrogens is 365 g/mol. The highest BCUT2D eigenvalue weighted by Crippen LogP contribution is 2.37. The van der Waals surface area contributed by atoms with Crippen molar-refractivity contribution in [3.05, 3.63) is 18.5 Å². The van der Waals surface area contributed by atoms with E-state index in [-0.39, 0.29) is 29.4 Å². The summed E-state index contributed by atoms with van der Waals surface area (Å²) in [5.74, 6) is 0.512. The number of hydrogen-bond acceptors (Lipinski definition) is 7. The van der Waals surface area contributed by atoms with Gasteiger partial charge in [0.25, 0.3) is 0 Å². The average molecular weight is 384 g/mol. The highest BCUT2D eigenvalue weighted by atomic mass is 19.3. The van der Waals surface area contributed by atoms with E-state index >= 15 is 0 Å². The maximum atomic E-state index is 14.7. The Bertz CT molecular complexity index is 791. The summed E-state index contributed by atoms with van der Waals surface area (Å²) in [6.45, 7) is -2.95. The minimum Gasteiger partial charge on any atom is -0.470 e. The first-order chi connectivity index (χ1) is 13.0. The number of halogens is 3. The quantitative estimate of drug-likeness (QED) is 0.791. The number of piperidine rings is 1. The van der Waals surface area contributed by atoms with Gasteiger partial charge in [0.2, 0.25) is 11.8 Å². The molecular formula is C16H19F3N6O2. The van der Waals surface area contributed by atoms with E-state index in [0.717, 1.165) is 12.8 Å². The van der Waals surface area contributed by atoms with Crippen LogP contribution in [0.5, 0.6) is 11.8 Å². The van der Waals surface area contributed by atoms with Crippen molar-refractivity contribution >= 4 is 11.6 Å². The molecule has 0 aromatic carbocycles. The smallest absolute Gasteiger partial charge is 0.388 e. The standard InChI is InChI=1S/C16H19F3N6O2/c1-25-8-2-3-9(25)15(17)10(4-8)26-14-7-20-6-12(22-14)21-11-5-13(24-23-11)27-16(18)19/h5-10,15-16H,2-4H2,1H3,(H2,21,22,23,24)/t8-,9+,10-,15+/m1/s1. The molecule has 2 N–H and O–H groups in total. The number of aromatic nitrogens is 4. The van der Waals surface area contributed by atoms with Gasteiger partial charge in [-0.3, -0.25) is 9.88 Å². The predicted molar refractivity (Wildman–Crippen MR) is 89.0 cm³/mol. The van der Waals surface area contributed by atoms with E-state index in [1.807, 2.05) is 7.05 Å². The number of hydrogen-bond donors (Lipinski definition) is 2. The Hall–Kier alpha value is -2.56. The lowest BCUT2D eigenvalue weighted by Crippen LogP contribution is -2.52. The van der Waals surface area contributed by atoms with Crippen LogP contribution in [0.25, 0.3) is 0 Å². The molecule has 4 atom stereocenters. The Kier molecular flexibility index (Phi) is 4.77. The summed E-state index contributed by atoms with van der Waals surface area (Å²) in [5, 5.41) is 8.91. The van der Waals surface area contributed by atoms with E-state index in [0.29, 0.717) is 12.5 Å². The fraction of sp³-hybridized carbons (Fsp3) is 0.562. The van der Waals surface area contributed by atoms with E-state index in [1.54, 1.807) is 0 Å². The third kappa shape index (κ3) is 3.77. The van der Waals surface area contributed by atoms with Crippen LogP contribution in [-0.4, -0.2) is 63.1 Å². The van der Waals surface area contributed by atoms with Crippen molar-refractivity contribution < 1.29 is 22.6 Å². The van der Waals surface area contributed by atoms with Crippen LogP contribution in [0.2, 0.25) is 0 Å². The number of ether oxygens (including phenoxy) is 2. The van der Waals surface area contributed by atoms with Crippen molar-refractivity contribution in [1.29, 1.82) is 0 Å². The molecule has 4 heterocycles. The average Bonchev–Trinajstić information content (AvgIpc) is 3.15. The molecule has 0 unspecified atom stereocenters. The molecule has 2 aliphatic heterocycles. The maximum absolute atomic E-state index is 14.7. The van der Waals surface area contributed by atoms with Crippen LogP contribution in [0.4, 0.5) is 24.8 Å². The van der Waals surface area contributed by atoms with Crippen LogP contribution < -0.4 is 14.8 Å². The van der Waals surface area contributed by atoms with Gasteiger partial charge in [0.1, 0.15) is 6.10 Å². The Balaban J connectivity index is 1.41. The van der Waals surface area contributed by atoms with Crippen LogP contribution >= 0.6 is 0 Å². The van der Waals surface area contributed by atoms with Crippen LogP contribution in [0.1, 0.15) is 19.3 Å². The third-order valence-electron chi connectivity index (χ3n) is 5.03. The largest absolute Gasteiger partial charge is 0.470 e. The molecule has 27 heavy (non-hydrogen) atoms. The Morgan fingerprint density at radius 1 is 1.30 bits per heavy atom. The topological polar surface area (TPSA) is 88.2 Å². The SMILES string of the molecule is CN1[C@@H]2CC[C@H]1[C@H](F)[C@H](Oc1cncc(Nc3cc(OC(F)F)[nH]n3)n1)C2. The second-order valence-corrected chi connectivity index (χ2v) is 6.66. The van der Waals surface area contributed by atoms with Crippen molar-refractivity contribution in [3.8, 4) is 11.8 Å². The molecule has 11 heteroatoms. The van der Waals surface area contributed by atoms with Gasteiger partial charge >= 0.3 is 6.61 Å². The minimum absolute atomic E-state index is 0.125. The van der Waals surface area contributed by atoms with Crippen LogP contribution in [0.3, 0.4) is 0 Å². The minimum atomic E-state index is -2.95. The van der Waals surface area contributed by atoms with Gasteiger partial charge < -0.3 is 14.8 Å². The van der Waals surface area contributed by atoms with Gasteiger partial charge in [0, 0.05) is 24.6 Å². The lowest BCUT2D eigenvalue weighted by Gasteiger charge is -2.38. The first-order valence-corrected chi connectivity index (χ1v) is 8.61. The molecule has 146 valence electrons. The summed E-state index contributed by atoms with van der Waals surface area (Å²) in [4.78, 5) is 10.3. The van der Waals surface area contributed by atoms with E-state index in [1.165, 1.54) is 18.5 Å². The molecule has 0 spiro atoms. The monoisotopic (exact) mass is 384 g/mol. The number of nitrogens with zero attached hydrogens (tertiary/aromatic N) is 4. The number of rotatable bonds is 6. The van der Waals surface area contributed by atoms with Gasteiger partial charge in [-0.2, -0.15) is 18.9 Å².